The Bertz CT molecular complexity index is 300. The highest BCUT2D eigenvalue weighted by atomic mass is 16.3. The van der Waals surface area contributed by atoms with Gasteiger partial charge in [0.15, 0.2) is 0 Å². The lowest BCUT2D eigenvalue weighted by Crippen LogP contribution is -2.09. The van der Waals surface area contributed by atoms with E-state index in [1.165, 1.54) is 0 Å². The molecule has 1 atom stereocenters. The number of hydrogen-bond acceptors (Lipinski definition) is 2. The molecular weight excluding hydrogens is 162 g/mol. The van der Waals surface area contributed by atoms with Gasteiger partial charge in [-0.1, -0.05) is 13.0 Å². The highest BCUT2D eigenvalue weighted by molar-refractivity contribution is 5.19. The van der Waals surface area contributed by atoms with E-state index in [0.29, 0.717) is 0 Å². The largest absolute Gasteiger partial charge is 0.388 e. The number of pyridine rings is 1. The van der Waals surface area contributed by atoms with E-state index in [9.17, 15) is 5.11 Å². The van der Waals surface area contributed by atoms with E-state index < -0.39 is 0 Å². The second kappa shape index (κ2) is 2.81. The van der Waals surface area contributed by atoms with Crippen LogP contribution in [0.5, 0.6) is 0 Å². The van der Waals surface area contributed by atoms with Crippen LogP contribution < -0.4 is 0 Å². The zero-order chi connectivity index (χ0) is 9.47. The van der Waals surface area contributed by atoms with Gasteiger partial charge in [0.1, 0.15) is 0 Å². The second-order valence-electron chi connectivity index (χ2n) is 4.29. The van der Waals surface area contributed by atoms with Gasteiger partial charge in [0.25, 0.3) is 0 Å². The highest BCUT2D eigenvalue weighted by Gasteiger charge is 2.44. The van der Waals surface area contributed by atoms with Gasteiger partial charge in [0, 0.05) is 11.9 Å². The van der Waals surface area contributed by atoms with Crippen molar-refractivity contribution in [2.45, 2.75) is 32.8 Å². The van der Waals surface area contributed by atoms with Crippen molar-refractivity contribution in [2.75, 3.05) is 0 Å². The van der Waals surface area contributed by atoms with Crippen LogP contribution in [0.2, 0.25) is 0 Å². The molecule has 1 aromatic rings. The molecule has 1 aromatic heterocycles. The van der Waals surface area contributed by atoms with Crippen molar-refractivity contribution in [3.8, 4) is 0 Å². The van der Waals surface area contributed by atoms with Crippen LogP contribution in [0, 0.1) is 12.3 Å². The number of rotatable bonds is 2. The van der Waals surface area contributed by atoms with Crippen molar-refractivity contribution in [2.24, 2.45) is 5.41 Å². The number of hydrogen-bond donors (Lipinski definition) is 1. The van der Waals surface area contributed by atoms with Crippen LogP contribution in [0.15, 0.2) is 18.3 Å². The molecule has 0 spiro atoms. The molecule has 1 aliphatic rings. The molecule has 1 aliphatic carbocycles. The van der Waals surface area contributed by atoms with Crippen molar-refractivity contribution in [1.29, 1.82) is 0 Å². The Balaban J connectivity index is 2.20. The summed E-state index contributed by atoms with van der Waals surface area (Å²) in [6.45, 7) is 4.08. The van der Waals surface area contributed by atoms with Crippen LogP contribution in [0.4, 0.5) is 0 Å². The molecule has 0 aromatic carbocycles. The fourth-order valence-electron chi connectivity index (χ4n) is 1.51. The van der Waals surface area contributed by atoms with Gasteiger partial charge in [0.05, 0.1) is 6.10 Å². The summed E-state index contributed by atoms with van der Waals surface area (Å²) in [7, 11) is 0. The van der Waals surface area contributed by atoms with Crippen LogP contribution in [0.3, 0.4) is 0 Å². The smallest absolute Gasteiger partial charge is 0.0858 e. The van der Waals surface area contributed by atoms with Crippen LogP contribution >= 0.6 is 0 Å². The summed E-state index contributed by atoms with van der Waals surface area (Å²) >= 11 is 0. The van der Waals surface area contributed by atoms with Gasteiger partial charge in [0.2, 0.25) is 0 Å². The van der Waals surface area contributed by atoms with Crippen LogP contribution in [-0.2, 0) is 0 Å². The summed E-state index contributed by atoms with van der Waals surface area (Å²) in [5.41, 5.74) is 2.07. The maximum atomic E-state index is 9.97. The Labute approximate surface area is 78.6 Å². The summed E-state index contributed by atoms with van der Waals surface area (Å²) in [6, 6.07) is 3.92. The van der Waals surface area contributed by atoms with E-state index in [-0.39, 0.29) is 11.5 Å². The predicted molar refractivity (Wildman–Crippen MR) is 51.3 cm³/mol. The molecule has 2 nitrogen and oxygen atoms in total. The lowest BCUT2D eigenvalue weighted by atomic mass is 9.96. The van der Waals surface area contributed by atoms with Crippen LogP contribution in [0.1, 0.15) is 37.1 Å². The molecule has 1 fully saturated rings. The third-order valence-electron chi connectivity index (χ3n) is 2.95. The van der Waals surface area contributed by atoms with Gasteiger partial charge in [-0.05, 0) is 36.8 Å². The van der Waals surface area contributed by atoms with Gasteiger partial charge in [-0.25, -0.2) is 0 Å². The first-order valence-electron chi connectivity index (χ1n) is 4.72. The monoisotopic (exact) mass is 177 g/mol. The van der Waals surface area contributed by atoms with Gasteiger partial charge < -0.3 is 5.11 Å². The Morgan fingerprint density at radius 2 is 2.15 bits per heavy atom. The van der Waals surface area contributed by atoms with Gasteiger partial charge in [-0.2, -0.15) is 0 Å². The Hall–Kier alpha value is -0.890. The van der Waals surface area contributed by atoms with Gasteiger partial charge in [-0.3, -0.25) is 4.98 Å². The van der Waals surface area contributed by atoms with E-state index in [1.807, 2.05) is 19.1 Å². The molecular formula is C11H15NO. The first-order valence-corrected chi connectivity index (χ1v) is 4.72. The molecule has 1 heterocycles. The summed E-state index contributed by atoms with van der Waals surface area (Å²) in [5, 5.41) is 9.97. The zero-order valence-corrected chi connectivity index (χ0v) is 8.12. The Morgan fingerprint density at radius 3 is 2.62 bits per heavy atom. The minimum Gasteiger partial charge on any atom is -0.388 e. The number of aliphatic hydroxyl groups is 1. The van der Waals surface area contributed by atoms with Gasteiger partial charge >= 0.3 is 0 Å². The van der Waals surface area contributed by atoms with E-state index in [1.54, 1.807) is 6.20 Å². The van der Waals surface area contributed by atoms with E-state index in [2.05, 4.69) is 11.9 Å². The molecule has 1 saturated carbocycles. The number of nitrogens with zero attached hydrogens (tertiary/aromatic N) is 1. The van der Waals surface area contributed by atoms with Crippen molar-refractivity contribution in [3.05, 3.63) is 29.6 Å². The SMILES string of the molecule is Cc1ccc(C(O)C2(C)CC2)cn1. The quantitative estimate of drug-likeness (QED) is 0.751. The van der Waals surface area contributed by atoms with E-state index in [0.717, 1.165) is 24.1 Å². The molecule has 2 rings (SSSR count). The standard InChI is InChI=1S/C11H15NO/c1-8-3-4-9(7-12-8)10(13)11(2)5-6-11/h3-4,7,10,13H,5-6H2,1-2H3. The fraction of sp³-hybridized carbons (Fsp3) is 0.545. The van der Waals surface area contributed by atoms with Crippen molar-refractivity contribution < 1.29 is 5.11 Å². The highest BCUT2D eigenvalue weighted by Crippen LogP contribution is 2.54. The minimum absolute atomic E-state index is 0.122. The summed E-state index contributed by atoms with van der Waals surface area (Å²) < 4.78 is 0. The first kappa shape index (κ1) is 8.70. The summed E-state index contributed by atoms with van der Waals surface area (Å²) in [5.74, 6) is 0. The van der Waals surface area contributed by atoms with Gasteiger partial charge in [-0.15, -0.1) is 0 Å². The maximum Gasteiger partial charge on any atom is 0.0858 e. The number of aromatic nitrogens is 1. The third-order valence-corrected chi connectivity index (χ3v) is 2.95. The van der Waals surface area contributed by atoms with E-state index >= 15 is 0 Å². The zero-order valence-electron chi connectivity index (χ0n) is 8.12. The molecule has 70 valence electrons. The maximum absolute atomic E-state index is 9.97. The van der Waals surface area contributed by atoms with Crippen LogP contribution in [0.25, 0.3) is 0 Å². The Morgan fingerprint density at radius 1 is 1.46 bits per heavy atom. The normalized spacial score (nSPS) is 21.2. The predicted octanol–water partition coefficient (Wildman–Crippen LogP) is 2.22. The molecule has 1 N–H and O–H groups in total. The topological polar surface area (TPSA) is 33.1 Å². The fourth-order valence-corrected chi connectivity index (χ4v) is 1.51. The summed E-state index contributed by atoms with van der Waals surface area (Å²) in [4.78, 5) is 4.18. The Kier molecular flexibility index (Phi) is 1.88. The number of aryl methyl sites for hydroxylation is 1. The second-order valence-corrected chi connectivity index (χ2v) is 4.29. The molecule has 2 heteroatoms. The van der Waals surface area contributed by atoms with E-state index in [4.69, 9.17) is 0 Å². The third kappa shape index (κ3) is 1.59. The molecule has 0 radical (unpaired) electrons. The molecule has 0 saturated heterocycles. The average molecular weight is 177 g/mol. The van der Waals surface area contributed by atoms with Crippen LogP contribution in [-0.4, -0.2) is 10.1 Å². The molecule has 0 aliphatic heterocycles. The molecule has 13 heavy (non-hydrogen) atoms. The number of aliphatic hydroxyl groups excluding tert-OH is 1. The van der Waals surface area contributed by atoms with Crippen molar-refractivity contribution in [1.82, 2.24) is 4.98 Å². The molecule has 0 bridgehead atoms. The van der Waals surface area contributed by atoms with Crippen molar-refractivity contribution in [3.63, 3.8) is 0 Å². The summed E-state index contributed by atoms with van der Waals surface area (Å²) in [6.07, 6.45) is 3.70. The lowest BCUT2D eigenvalue weighted by molar-refractivity contribution is 0.103. The molecule has 1 unspecified atom stereocenters. The minimum atomic E-state index is -0.333. The van der Waals surface area contributed by atoms with Crippen molar-refractivity contribution >= 4 is 0 Å². The lowest BCUT2D eigenvalue weighted by Gasteiger charge is -2.17. The average Bonchev–Trinajstić information content (AvgIpc) is 2.85. The first-order chi connectivity index (χ1) is 6.12. The molecule has 0 amide bonds.